The quantitative estimate of drug-likeness (QED) is 0.257. The van der Waals surface area contributed by atoms with Crippen LogP contribution in [0.2, 0.25) is 0 Å². The van der Waals surface area contributed by atoms with Gasteiger partial charge in [-0.1, -0.05) is 6.10 Å². The van der Waals surface area contributed by atoms with Crippen LogP contribution in [0.5, 0.6) is 0 Å². The third-order valence-electron chi connectivity index (χ3n) is 3.95. The molecule has 0 radical (unpaired) electrons. The van der Waals surface area contributed by atoms with Crippen molar-refractivity contribution in [2.24, 2.45) is 0 Å². The molecule has 0 spiro atoms. The molecule has 0 aliphatic carbocycles. The Labute approximate surface area is 132 Å². The van der Waals surface area contributed by atoms with Gasteiger partial charge in [0.15, 0.2) is 12.6 Å². The van der Waals surface area contributed by atoms with Gasteiger partial charge in [-0.25, -0.2) is 0 Å². The molecule has 136 valence electrons. The van der Waals surface area contributed by atoms with Crippen molar-refractivity contribution in [1.82, 2.24) is 0 Å². The zero-order valence-corrected chi connectivity index (χ0v) is 12.0. The average Bonchev–Trinajstić information content (AvgIpc) is 2.55. The second-order valence-corrected chi connectivity index (χ2v) is 5.50. The fourth-order valence-corrected chi connectivity index (χ4v) is 2.55. The van der Waals surface area contributed by atoms with Crippen LogP contribution >= 0.6 is 0 Å². The van der Waals surface area contributed by atoms with Gasteiger partial charge >= 0.3 is 1.43 Å². The van der Waals surface area contributed by atoms with E-state index in [0.717, 1.165) is 0 Å². The van der Waals surface area contributed by atoms with E-state index < -0.39 is 74.6 Å². The second-order valence-electron chi connectivity index (χ2n) is 5.50. The minimum atomic E-state index is -1.80. The number of rotatable bonds is 4. The van der Waals surface area contributed by atoms with Gasteiger partial charge in [-0.2, -0.15) is 0 Å². The average molecular weight is 342 g/mol. The van der Waals surface area contributed by atoms with Crippen LogP contribution in [0.1, 0.15) is 1.43 Å². The fourth-order valence-electron chi connectivity index (χ4n) is 2.55. The van der Waals surface area contributed by atoms with Gasteiger partial charge in [-0.3, -0.25) is 0 Å². The first-order valence-corrected chi connectivity index (χ1v) is 7.06. The highest BCUT2D eigenvalue weighted by Crippen LogP contribution is 2.27. The van der Waals surface area contributed by atoms with E-state index in [0.29, 0.717) is 0 Å². The Morgan fingerprint density at radius 2 is 1.43 bits per heavy atom. The molecule has 11 nitrogen and oxygen atoms in total. The molecule has 2 fully saturated rings. The van der Waals surface area contributed by atoms with E-state index in [-0.39, 0.29) is 1.43 Å². The summed E-state index contributed by atoms with van der Waals surface area (Å²) in [6, 6.07) is 0. The summed E-state index contributed by atoms with van der Waals surface area (Å²) in [5.74, 6) is 0. The maximum atomic E-state index is 11.6. The molecule has 2 aliphatic rings. The van der Waals surface area contributed by atoms with Crippen molar-refractivity contribution in [3.05, 3.63) is 0 Å². The maximum absolute atomic E-state index is 11.6. The monoisotopic (exact) mass is 342 g/mol. The van der Waals surface area contributed by atoms with E-state index in [1.807, 2.05) is 0 Å². The van der Waals surface area contributed by atoms with Gasteiger partial charge in [-0.15, -0.1) is 0 Å². The summed E-state index contributed by atoms with van der Waals surface area (Å²) in [6.45, 7) is -1.42. The maximum Gasteiger partial charge on any atom is 1.00 e. The standard InChI is InChI=1S/C12H21O11/c13-1-3-5(15)6(16)9(19)12(22-3)23-10-4(2-14)21-11(20)8(18)7(10)17/h3-14,16-20H,1-2H2/q-1/p+1/t3-,4-,5+,6+,7-,8-,9-,10-,11-,12+/m1/s1. The minimum absolute atomic E-state index is 0. The van der Waals surface area contributed by atoms with Gasteiger partial charge < -0.3 is 55.1 Å². The van der Waals surface area contributed by atoms with Crippen LogP contribution in [0.4, 0.5) is 0 Å². The summed E-state index contributed by atoms with van der Waals surface area (Å²) in [5, 5.41) is 78.3. The number of hydrogen-bond donors (Lipinski definition) is 7. The topological polar surface area (TPSA) is 192 Å². The van der Waals surface area contributed by atoms with Gasteiger partial charge in [-0.05, 0) is 0 Å². The number of ether oxygens (including phenoxy) is 3. The lowest BCUT2D eigenvalue weighted by atomic mass is 9.97. The van der Waals surface area contributed by atoms with Crippen molar-refractivity contribution in [2.45, 2.75) is 61.4 Å². The second kappa shape index (κ2) is 7.63. The van der Waals surface area contributed by atoms with Crippen LogP contribution in [-0.4, -0.2) is 110 Å². The van der Waals surface area contributed by atoms with Gasteiger partial charge in [0.05, 0.1) is 25.4 Å². The van der Waals surface area contributed by atoms with Crippen molar-refractivity contribution in [1.29, 1.82) is 0 Å². The Hall–Kier alpha value is -0.440. The molecule has 0 aromatic carbocycles. The third-order valence-corrected chi connectivity index (χ3v) is 3.95. The molecule has 0 unspecified atom stereocenters. The molecule has 11 heteroatoms. The van der Waals surface area contributed by atoms with Gasteiger partial charge in [0.2, 0.25) is 0 Å². The molecule has 0 bridgehead atoms. The summed E-state index contributed by atoms with van der Waals surface area (Å²) in [4.78, 5) is 0. The largest absolute Gasteiger partial charge is 1.00 e. The van der Waals surface area contributed by atoms with Crippen molar-refractivity contribution < 1.29 is 56.5 Å². The highest BCUT2D eigenvalue weighted by Gasteiger charge is 2.48. The van der Waals surface area contributed by atoms with Crippen LogP contribution in [0.15, 0.2) is 0 Å². The van der Waals surface area contributed by atoms with Crippen LogP contribution in [0.3, 0.4) is 0 Å². The van der Waals surface area contributed by atoms with Gasteiger partial charge in [0.1, 0.15) is 30.5 Å². The third kappa shape index (κ3) is 3.65. The Morgan fingerprint density at radius 1 is 0.826 bits per heavy atom. The molecule has 0 aromatic heterocycles. The van der Waals surface area contributed by atoms with Crippen molar-refractivity contribution in [3.8, 4) is 0 Å². The van der Waals surface area contributed by atoms with Gasteiger partial charge in [0, 0.05) is 0 Å². The first kappa shape index (κ1) is 18.9. The summed E-state index contributed by atoms with van der Waals surface area (Å²) in [5.41, 5.74) is 0. The first-order chi connectivity index (χ1) is 10.8. The summed E-state index contributed by atoms with van der Waals surface area (Å²) < 4.78 is 15.2. The Kier molecular flexibility index (Phi) is 6.27. The number of aliphatic hydroxyl groups is 7. The molecule has 2 heterocycles. The molecule has 0 aromatic rings. The molecule has 2 saturated heterocycles. The predicted molar refractivity (Wildman–Crippen MR) is 67.5 cm³/mol. The molecule has 10 atom stereocenters. The molecular weight excluding hydrogens is 320 g/mol. The molecule has 2 aliphatic heterocycles. The van der Waals surface area contributed by atoms with E-state index in [9.17, 15) is 35.7 Å². The minimum Gasteiger partial charge on any atom is -0.848 e. The Morgan fingerprint density at radius 3 is 2.00 bits per heavy atom. The highest BCUT2D eigenvalue weighted by molar-refractivity contribution is 4.93. The molecule has 0 amide bonds. The lowest BCUT2D eigenvalue weighted by Crippen LogP contribution is -2.66. The fraction of sp³-hybridized carbons (Fsp3) is 1.00. The van der Waals surface area contributed by atoms with Crippen LogP contribution < -0.4 is 5.11 Å². The first-order valence-electron chi connectivity index (χ1n) is 7.06. The van der Waals surface area contributed by atoms with Gasteiger partial charge in [0.25, 0.3) is 0 Å². The van der Waals surface area contributed by atoms with E-state index in [1.54, 1.807) is 0 Å². The van der Waals surface area contributed by atoms with Crippen molar-refractivity contribution in [3.63, 3.8) is 0 Å². The summed E-state index contributed by atoms with van der Waals surface area (Å²) >= 11 is 0. The van der Waals surface area contributed by atoms with E-state index in [2.05, 4.69) is 0 Å². The molecule has 7 N–H and O–H groups in total. The van der Waals surface area contributed by atoms with Crippen LogP contribution in [0.25, 0.3) is 0 Å². The Bertz CT molecular complexity index is 384. The zero-order valence-electron chi connectivity index (χ0n) is 13.0. The van der Waals surface area contributed by atoms with Crippen molar-refractivity contribution >= 4 is 0 Å². The summed E-state index contributed by atoms with van der Waals surface area (Å²) in [6.07, 6.45) is -16.2. The summed E-state index contributed by atoms with van der Waals surface area (Å²) in [7, 11) is 0. The predicted octanol–water partition coefficient (Wildman–Crippen LogP) is -5.92. The van der Waals surface area contributed by atoms with E-state index in [1.165, 1.54) is 0 Å². The molecule has 23 heavy (non-hydrogen) atoms. The van der Waals surface area contributed by atoms with Crippen molar-refractivity contribution in [2.75, 3.05) is 13.2 Å². The molecule has 0 saturated carbocycles. The SMILES string of the molecule is [H+].[O-][C@@H]1[C@H](O)[C@@H](O)[C@H](O[C@H]2[C@H](O)[C@@H](O)[C@H](O)O[C@@H]2CO)O[C@@H]1CO. The lowest BCUT2D eigenvalue weighted by Gasteiger charge is -2.48. The Balaban J connectivity index is 0.00000288. The number of aliphatic hydroxyl groups excluding tert-OH is 7. The highest BCUT2D eigenvalue weighted by atomic mass is 16.7. The molecular formula is C12H22O11. The van der Waals surface area contributed by atoms with Crippen LogP contribution in [-0.2, 0) is 14.2 Å². The normalized spacial score (nSPS) is 51.7. The zero-order chi connectivity index (χ0) is 17.3. The van der Waals surface area contributed by atoms with Crippen LogP contribution in [0, 0.1) is 0 Å². The number of hydrogen-bond acceptors (Lipinski definition) is 11. The molecule has 2 rings (SSSR count). The van der Waals surface area contributed by atoms with E-state index in [4.69, 9.17) is 19.3 Å². The van der Waals surface area contributed by atoms with E-state index >= 15 is 0 Å². The lowest BCUT2D eigenvalue weighted by molar-refractivity contribution is -0.490. The smallest absolute Gasteiger partial charge is 0.848 e.